The van der Waals surface area contributed by atoms with Crippen LogP contribution in [0.5, 0.6) is 5.75 Å². The molecule has 1 aliphatic heterocycles. The van der Waals surface area contributed by atoms with E-state index in [1.165, 1.54) is 30.5 Å². The molecule has 1 N–H and O–H groups in total. The number of piperidine rings is 1. The number of nitrogens with zero attached hydrogens (tertiary/aromatic N) is 1. The highest BCUT2D eigenvalue weighted by molar-refractivity contribution is 5.38. The third-order valence-corrected chi connectivity index (χ3v) is 4.89. The van der Waals surface area contributed by atoms with Crippen molar-refractivity contribution in [2.75, 3.05) is 20.7 Å². The van der Waals surface area contributed by atoms with Crippen molar-refractivity contribution >= 4 is 0 Å². The lowest BCUT2D eigenvalue weighted by Crippen LogP contribution is -2.39. The second kappa shape index (κ2) is 7.28. The molecule has 3 heteroatoms. The summed E-state index contributed by atoms with van der Waals surface area (Å²) in [4.78, 5) is 2.59. The standard InChI is InChI=1S/C18H30N2O/c1-13-8-9-20(14(2)10-13)12-17-11-16(15(3)19-4)6-7-18(17)21-5/h6-7,11,13-15,19H,8-10,12H2,1-5H3. The maximum absolute atomic E-state index is 5.56. The average molecular weight is 290 g/mol. The summed E-state index contributed by atoms with van der Waals surface area (Å²) in [5.41, 5.74) is 2.63. The van der Waals surface area contributed by atoms with Crippen LogP contribution < -0.4 is 10.1 Å². The molecule has 0 amide bonds. The van der Waals surface area contributed by atoms with Gasteiger partial charge in [-0.05, 0) is 63.9 Å². The summed E-state index contributed by atoms with van der Waals surface area (Å²) in [6.45, 7) is 9.08. The lowest BCUT2D eigenvalue weighted by atomic mass is 9.92. The van der Waals surface area contributed by atoms with Crippen LogP contribution in [0.2, 0.25) is 0 Å². The Morgan fingerprint density at radius 2 is 2.14 bits per heavy atom. The first-order valence-corrected chi connectivity index (χ1v) is 8.13. The maximum Gasteiger partial charge on any atom is 0.123 e. The van der Waals surface area contributed by atoms with Crippen LogP contribution in [0.15, 0.2) is 18.2 Å². The van der Waals surface area contributed by atoms with Gasteiger partial charge in [0.1, 0.15) is 5.75 Å². The van der Waals surface area contributed by atoms with Crippen molar-refractivity contribution in [1.29, 1.82) is 0 Å². The van der Waals surface area contributed by atoms with Gasteiger partial charge < -0.3 is 10.1 Å². The molecule has 118 valence electrons. The van der Waals surface area contributed by atoms with E-state index < -0.39 is 0 Å². The van der Waals surface area contributed by atoms with Crippen molar-refractivity contribution in [2.24, 2.45) is 5.92 Å². The summed E-state index contributed by atoms with van der Waals surface area (Å²) in [6, 6.07) is 7.59. The van der Waals surface area contributed by atoms with Crippen LogP contribution in [0.25, 0.3) is 0 Å². The van der Waals surface area contributed by atoms with Gasteiger partial charge in [-0.25, -0.2) is 0 Å². The van der Waals surface area contributed by atoms with Gasteiger partial charge in [-0.1, -0.05) is 13.0 Å². The molecule has 0 bridgehead atoms. The van der Waals surface area contributed by atoms with E-state index in [9.17, 15) is 0 Å². The Morgan fingerprint density at radius 3 is 2.76 bits per heavy atom. The Labute approximate surface area is 129 Å². The van der Waals surface area contributed by atoms with Gasteiger partial charge in [0.15, 0.2) is 0 Å². The van der Waals surface area contributed by atoms with Gasteiger partial charge in [0.2, 0.25) is 0 Å². The van der Waals surface area contributed by atoms with Crippen LogP contribution in [0.3, 0.4) is 0 Å². The average Bonchev–Trinajstić information content (AvgIpc) is 2.49. The molecular weight excluding hydrogens is 260 g/mol. The van der Waals surface area contributed by atoms with Crippen molar-refractivity contribution in [3.05, 3.63) is 29.3 Å². The first kappa shape index (κ1) is 16.3. The Balaban J connectivity index is 2.17. The van der Waals surface area contributed by atoms with Gasteiger partial charge >= 0.3 is 0 Å². The quantitative estimate of drug-likeness (QED) is 0.897. The highest BCUT2D eigenvalue weighted by Crippen LogP contribution is 2.28. The van der Waals surface area contributed by atoms with Crippen molar-refractivity contribution in [2.45, 2.75) is 52.2 Å². The third-order valence-electron chi connectivity index (χ3n) is 4.89. The Hall–Kier alpha value is -1.06. The maximum atomic E-state index is 5.56. The molecule has 0 radical (unpaired) electrons. The van der Waals surface area contributed by atoms with Gasteiger partial charge in [-0.15, -0.1) is 0 Å². The third kappa shape index (κ3) is 3.98. The monoisotopic (exact) mass is 290 g/mol. The number of hydrogen-bond acceptors (Lipinski definition) is 3. The summed E-state index contributed by atoms with van der Waals surface area (Å²) >= 11 is 0. The minimum atomic E-state index is 0.369. The highest BCUT2D eigenvalue weighted by Gasteiger charge is 2.23. The van der Waals surface area contributed by atoms with Gasteiger partial charge in [-0.2, -0.15) is 0 Å². The zero-order valence-electron chi connectivity index (χ0n) is 14.1. The van der Waals surface area contributed by atoms with Gasteiger partial charge in [0.25, 0.3) is 0 Å². The molecule has 0 saturated carbocycles. The van der Waals surface area contributed by atoms with Crippen LogP contribution in [-0.2, 0) is 6.54 Å². The van der Waals surface area contributed by atoms with E-state index in [-0.39, 0.29) is 0 Å². The number of benzene rings is 1. The second-order valence-electron chi connectivity index (χ2n) is 6.53. The van der Waals surface area contributed by atoms with Crippen LogP contribution in [0.4, 0.5) is 0 Å². The molecule has 3 nitrogen and oxygen atoms in total. The molecule has 3 atom stereocenters. The number of likely N-dealkylation sites (tertiary alicyclic amines) is 1. The molecule has 21 heavy (non-hydrogen) atoms. The van der Waals surface area contributed by atoms with Crippen molar-refractivity contribution in [1.82, 2.24) is 10.2 Å². The van der Waals surface area contributed by atoms with Crippen LogP contribution in [0.1, 0.15) is 50.8 Å². The number of ether oxygens (including phenoxy) is 1. The van der Waals surface area contributed by atoms with Crippen LogP contribution in [0, 0.1) is 5.92 Å². The van der Waals surface area contributed by atoms with Crippen molar-refractivity contribution in [3.8, 4) is 5.75 Å². The summed E-state index contributed by atoms with van der Waals surface area (Å²) in [7, 11) is 3.77. The topological polar surface area (TPSA) is 24.5 Å². The number of methoxy groups -OCH3 is 1. The predicted molar refractivity (Wildman–Crippen MR) is 88.7 cm³/mol. The zero-order valence-corrected chi connectivity index (χ0v) is 14.1. The van der Waals surface area contributed by atoms with Crippen molar-refractivity contribution < 1.29 is 4.74 Å². The minimum absolute atomic E-state index is 0.369. The fourth-order valence-electron chi connectivity index (χ4n) is 3.27. The summed E-state index contributed by atoms with van der Waals surface area (Å²) in [5.74, 6) is 1.86. The molecule has 0 aromatic heterocycles. The molecule has 1 aromatic rings. The summed E-state index contributed by atoms with van der Waals surface area (Å²) in [5, 5.41) is 3.31. The zero-order chi connectivity index (χ0) is 15.4. The first-order valence-electron chi connectivity index (χ1n) is 8.13. The number of nitrogens with one attached hydrogen (secondary N) is 1. The number of hydrogen-bond donors (Lipinski definition) is 1. The lowest BCUT2D eigenvalue weighted by molar-refractivity contribution is 0.121. The van der Waals surface area contributed by atoms with Gasteiger partial charge in [0, 0.05) is 24.2 Å². The van der Waals surface area contributed by atoms with E-state index in [1.807, 2.05) is 7.05 Å². The number of rotatable bonds is 5. The molecule has 3 unspecified atom stereocenters. The fourth-order valence-corrected chi connectivity index (χ4v) is 3.27. The lowest BCUT2D eigenvalue weighted by Gasteiger charge is -2.36. The van der Waals surface area contributed by atoms with Crippen LogP contribution in [-0.4, -0.2) is 31.6 Å². The van der Waals surface area contributed by atoms with Crippen LogP contribution >= 0.6 is 0 Å². The fraction of sp³-hybridized carbons (Fsp3) is 0.667. The molecule has 0 aliphatic carbocycles. The minimum Gasteiger partial charge on any atom is -0.496 e. The van der Waals surface area contributed by atoms with Gasteiger partial charge in [-0.3, -0.25) is 4.90 Å². The molecular formula is C18H30N2O. The van der Waals surface area contributed by atoms with E-state index >= 15 is 0 Å². The second-order valence-corrected chi connectivity index (χ2v) is 6.53. The Bertz CT molecular complexity index is 461. The first-order chi connectivity index (χ1) is 10.0. The van der Waals surface area contributed by atoms with E-state index in [0.29, 0.717) is 12.1 Å². The molecule has 1 aromatic carbocycles. The van der Waals surface area contributed by atoms with Gasteiger partial charge in [0.05, 0.1) is 7.11 Å². The van der Waals surface area contributed by atoms with E-state index in [1.54, 1.807) is 7.11 Å². The Kier molecular flexibility index (Phi) is 5.65. The normalized spacial score (nSPS) is 24.8. The molecule has 0 spiro atoms. The molecule has 1 saturated heterocycles. The van der Waals surface area contributed by atoms with E-state index in [0.717, 1.165) is 18.2 Å². The summed E-state index contributed by atoms with van der Waals surface area (Å²) < 4.78 is 5.56. The molecule has 2 rings (SSSR count). The smallest absolute Gasteiger partial charge is 0.123 e. The Morgan fingerprint density at radius 1 is 1.38 bits per heavy atom. The van der Waals surface area contributed by atoms with Crippen molar-refractivity contribution in [3.63, 3.8) is 0 Å². The summed E-state index contributed by atoms with van der Waals surface area (Å²) in [6.07, 6.45) is 2.61. The highest BCUT2D eigenvalue weighted by atomic mass is 16.5. The molecule has 1 heterocycles. The largest absolute Gasteiger partial charge is 0.496 e. The van der Waals surface area contributed by atoms with E-state index in [4.69, 9.17) is 4.74 Å². The van der Waals surface area contributed by atoms with E-state index in [2.05, 4.69) is 49.2 Å². The molecule has 1 fully saturated rings. The SMILES string of the molecule is CNC(C)c1ccc(OC)c(CN2CCC(C)CC2C)c1. The predicted octanol–water partition coefficient (Wildman–Crippen LogP) is 3.60. The molecule has 1 aliphatic rings.